The lowest BCUT2D eigenvalue weighted by atomic mass is 10.0. The topological polar surface area (TPSA) is 3.24 Å². The number of hydrogen-bond donors (Lipinski definition) is 0. The highest BCUT2D eigenvalue weighted by atomic mass is 127. The predicted octanol–water partition coefficient (Wildman–Crippen LogP) is 1.92. The molecule has 1 nitrogen and oxygen atoms in total. The van der Waals surface area contributed by atoms with E-state index < -0.39 is 0 Å². The van der Waals surface area contributed by atoms with Gasteiger partial charge in [-0.1, -0.05) is 13.8 Å². The van der Waals surface area contributed by atoms with Gasteiger partial charge in [0.15, 0.2) is 0 Å². The van der Waals surface area contributed by atoms with Gasteiger partial charge in [-0.15, -0.1) is 0 Å². The fourth-order valence-electron chi connectivity index (χ4n) is 1.06. The Labute approximate surface area is 64.9 Å². The maximum Gasteiger partial charge on any atom is 0.0201 e. The minimum Gasteiger partial charge on any atom is -0.247 e. The summed E-state index contributed by atoms with van der Waals surface area (Å²) in [5, 5.41) is 0. The van der Waals surface area contributed by atoms with Crippen molar-refractivity contribution < 1.29 is 0 Å². The van der Waals surface area contributed by atoms with E-state index in [1.54, 1.807) is 0 Å². The molecule has 0 aromatic rings. The third-order valence-electron chi connectivity index (χ3n) is 1.94. The van der Waals surface area contributed by atoms with Crippen LogP contribution in [-0.2, 0) is 0 Å². The molecule has 2 unspecified atom stereocenters. The van der Waals surface area contributed by atoms with Gasteiger partial charge in [0.05, 0.1) is 0 Å². The van der Waals surface area contributed by atoms with E-state index >= 15 is 0 Å². The summed E-state index contributed by atoms with van der Waals surface area (Å²) in [4.78, 5) is 0. The first-order chi connectivity index (χ1) is 3.70. The normalized spacial score (nSPS) is 40.9. The summed E-state index contributed by atoms with van der Waals surface area (Å²) in [6.45, 7) is 7.20. The van der Waals surface area contributed by atoms with E-state index in [-0.39, 0.29) is 0 Å². The van der Waals surface area contributed by atoms with Gasteiger partial charge < -0.3 is 0 Å². The van der Waals surface area contributed by atoms with E-state index in [0.717, 1.165) is 11.8 Å². The van der Waals surface area contributed by atoms with Gasteiger partial charge in [0, 0.05) is 36.0 Å². The van der Waals surface area contributed by atoms with Crippen molar-refractivity contribution in [2.24, 2.45) is 11.8 Å². The summed E-state index contributed by atoms with van der Waals surface area (Å²) in [5.74, 6) is 1.82. The molecule has 0 bridgehead atoms. The molecule has 0 aliphatic carbocycles. The van der Waals surface area contributed by atoms with Crippen LogP contribution < -0.4 is 0 Å². The van der Waals surface area contributed by atoms with Crippen LogP contribution >= 0.6 is 22.9 Å². The van der Waals surface area contributed by atoms with Crippen LogP contribution in [0.5, 0.6) is 0 Å². The highest BCUT2D eigenvalue weighted by molar-refractivity contribution is 14.1. The van der Waals surface area contributed by atoms with Crippen LogP contribution in [0.1, 0.15) is 13.8 Å². The minimum absolute atomic E-state index is 0.909. The zero-order valence-corrected chi connectivity index (χ0v) is 7.55. The Balaban J connectivity index is 2.39. The molecule has 0 saturated carbocycles. The molecule has 1 fully saturated rings. The van der Waals surface area contributed by atoms with Crippen molar-refractivity contribution in [2.75, 3.05) is 13.1 Å². The lowest BCUT2D eigenvalue weighted by Crippen LogP contribution is -2.04. The third kappa shape index (κ3) is 1.35. The largest absolute Gasteiger partial charge is 0.247 e. The second-order valence-corrected chi connectivity index (χ2v) is 4.15. The van der Waals surface area contributed by atoms with Crippen molar-refractivity contribution in [3.05, 3.63) is 0 Å². The standard InChI is InChI=1S/C6H12IN/c1-5-3-8(7)4-6(5)2/h5-6H,3-4H2,1-2H3. The molecule has 1 heterocycles. The molecule has 1 rings (SSSR count). The molecular formula is C6H12IN. The van der Waals surface area contributed by atoms with Gasteiger partial charge in [-0.25, -0.2) is 3.11 Å². The van der Waals surface area contributed by atoms with Crippen LogP contribution in [0, 0.1) is 11.8 Å². The van der Waals surface area contributed by atoms with Crippen molar-refractivity contribution in [3.63, 3.8) is 0 Å². The van der Waals surface area contributed by atoms with Crippen LogP contribution in [-0.4, -0.2) is 16.2 Å². The van der Waals surface area contributed by atoms with Gasteiger partial charge in [-0.05, 0) is 11.8 Å². The van der Waals surface area contributed by atoms with E-state index in [4.69, 9.17) is 0 Å². The quantitative estimate of drug-likeness (QED) is 0.449. The Morgan fingerprint density at radius 1 is 1.25 bits per heavy atom. The van der Waals surface area contributed by atoms with Gasteiger partial charge in [-0.3, -0.25) is 0 Å². The Bertz CT molecular complexity index is 74.6. The first kappa shape index (κ1) is 6.81. The second kappa shape index (κ2) is 2.52. The summed E-state index contributed by atoms with van der Waals surface area (Å²) >= 11 is 2.40. The average Bonchev–Trinajstić information content (AvgIpc) is 1.85. The van der Waals surface area contributed by atoms with Crippen LogP contribution in [0.4, 0.5) is 0 Å². The van der Waals surface area contributed by atoms with Crippen molar-refractivity contribution in [1.29, 1.82) is 0 Å². The molecule has 2 heteroatoms. The SMILES string of the molecule is CC1CN(I)CC1C. The monoisotopic (exact) mass is 225 g/mol. The Hall–Kier alpha value is 0.690. The smallest absolute Gasteiger partial charge is 0.0201 e. The average molecular weight is 225 g/mol. The molecule has 0 aromatic heterocycles. The molecule has 0 radical (unpaired) electrons. The summed E-state index contributed by atoms with van der Waals surface area (Å²) in [7, 11) is 0. The number of hydrogen-bond acceptors (Lipinski definition) is 1. The first-order valence-electron chi connectivity index (χ1n) is 3.11. The van der Waals surface area contributed by atoms with Crippen molar-refractivity contribution in [1.82, 2.24) is 3.11 Å². The first-order valence-corrected chi connectivity index (χ1v) is 4.07. The zero-order valence-electron chi connectivity index (χ0n) is 5.39. The molecule has 0 aromatic carbocycles. The van der Waals surface area contributed by atoms with Gasteiger partial charge in [0.2, 0.25) is 0 Å². The molecule has 0 spiro atoms. The molecule has 8 heavy (non-hydrogen) atoms. The molecule has 1 aliphatic heterocycles. The fraction of sp³-hybridized carbons (Fsp3) is 1.00. The summed E-state index contributed by atoms with van der Waals surface area (Å²) in [5.41, 5.74) is 0. The van der Waals surface area contributed by atoms with Crippen LogP contribution in [0.25, 0.3) is 0 Å². The lowest BCUT2D eigenvalue weighted by Gasteiger charge is -2.03. The van der Waals surface area contributed by atoms with Crippen molar-refractivity contribution >= 4 is 22.9 Å². The maximum atomic E-state index is 2.40. The molecular weight excluding hydrogens is 213 g/mol. The molecule has 0 amide bonds. The fourth-order valence-corrected chi connectivity index (χ4v) is 2.30. The molecule has 2 atom stereocenters. The Kier molecular flexibility index (Phi) is 2.14. The Morgan fingerprint density at radius 3 is 1.75 bits per heavy atom. The number of halogens is 1. The molecule has 0 N–H and O–H groups in total. The van der Waals surface area contributed by atoms with Crippen molar-refractivity contribution in [3.8, 4) is 0 Å². The lowest BCUT2D eigenvalue weighted by molar-refractivity contribution is 0.494. The minimum atomic E-state index is 0.909. The van der Waals surface area contributed by atoms with E-state index in [0.29, 0.717) is 0 Å². The summed E-state index contributed by atoms with van der Waals surface area (Å²) < 4.78 is 2.37. The van der Waals surface area contributed by atoms with Gasteiger partial charge >= 0.3 is 0 Å². The van der Waals surface area contributed by atoms with Crippen LogP contribution in [0.3, 0.4) is 0 Å². The zero-order chi connectivity index (χ0) is 6.15. The number of rotatable bonds is 0. The Morgan fingerprint density at radius 2 is 1.62 bits per heavy atom. The van der Waals surface area contributed by atoms with Crippen LogP contribution in [0.2, 0.25) is 0 Å². The number of nitrogens with zero attached hydrogens (tertiary/aromatic N) is 1. The van der Waals surface area contributed by atoms with Gasteiger partial charge in [0.1, 0.15) is 0 Å². The maximum absolute atomic E-state index is 2.40. The van der Waals surface area contributed by atoms with Crippen LogP contribution in [0.15, 0.2) is 0 Å². The van der Waals surface area contributed by atoms with Crippen molar-refractivity contribution in [2.45, 2.75) is 13.8 Å². The summed E-state index contributed by atoms with van der Waals surface area (Å²) in [6.07, 6.45) is 0. The summed E-state index contributed by atoms with van der Waals surface area (Å²) in [6, 6.07) is 0. The van der Waals surface area contributed by atoms with E-state index in [2.05, 4.69) is 39.8 Å². The highest BCUT2D eigenvalue weighted by Crippen LogP contribution is 2.24. The molecule has 1 aliphatic rings. The second-order valence-electron chi connectivity index (χ2n) is 2.78. The van der Waals surface area contributed by atoms with E-state index in [1.165, 1.54) is 13.1 Å². The third-order valence-corrected chi connectivity index (χ3v) is 2.73. The van der Waals surface area contributed by atoms with Gasteiger partial charge in [-0.2, -0.15) is 0 Å². The van der Waals surface area contributed by atoms with Gasteiger partial charge in [0.25, 0.3) is 0 Å². The highest BCUT2D eigenvalue weighted by Gasteiger charge is 2.23. The van der Waals surface area contributed by atoms with E-state index in [9.17, 15) is 0 Å². The molecule has 1 saturated heterocycles. The molecule has 48 valence electrons. The van der Waals surface area contributed by atoms with E-state index in [1.807, 2.05) is 0 Å². The predicted molar refractivity (Wildman–Crippen MR) is 43.9 cm³/mol.